The maximum Gasteiger partial charge on any atom is 0.171 e. The molecule has 1 rings (SSSR count). The number of ether oxygens (including phenoxy) is 2. The molecule has 0 amide bonds. The van der Waals surface area contributed by atoms with Crippen LogP contribution in [-0.4, -0.2) is 27.1 Å². The van der Waals surface area contributed by atoms with Crippen molar-refractivity contribution < 1.29 is 14.3 Å². The molecule has 1 aromatic rings. The van der Waals surface area contributed by atoms with Crippen LogP contribution in [0.2, 0.25) is 5.02 Å². The molecule has 1 aromatic carbocycles. The highest BCUT2D eigenvalue weighted by molar-refractivity contribution is 6.32. The van der Waals surface area contributed by atoms with E-state index in [1.807, 2.05) is 0 Å². The third-order valence-electron chi connectivity index (χ3n) is 2.73. The molecule has 5 heteroatoms. The van der Waals surface area contributed by atoms with Crippen LogP contribution in [0.25, 0.3) is 0 Å². The molecular weight excluding hydrogens is 254 g/mol. The first-order valence-corrected chi connectivity index (χ1v) is 6.16. The van der Waals surface area contributed by atoms with Crippen LogP contribution in [0.1, 0.15) is 28.8 Å². The zero-order valence-electron chi connectivity index (χ0n) is 10.7. The molecule has 2 N–H and O–H groups in total. The zero-order valence-corrected chi connectivity index (χ0v) is 11.4. The predicted molar refractivity (Wildman–Crippen MR) is 71.9 cm³/mol. The predicted octanol–water partition coefficient (Wildman–Crippen LogP) is 2.45. The average molecular weight is 272 g/mol. The van der Waals surface area contributed by atoms with Crippen LogP contribution in [0.4, 0.5) is 0 Å². The SMILES string of the molecule is COc1c(C=O)cc(Cl)c(CCCCN)c1OC. The number of hydrogen-bond donors (Lipinski definition) is 1. The van der Waals surface area contributed by atoms with E-state index >= 15 is 0 Å². The van der Waals surface area contributed by atoms with Gasteiger partial charge in [-0.2, -0.15) is 0 Å². The van der Waals surface area contributed by atoms with Crippen molar-refractivity contribution in [3.05, 3.63) is 22.2 Å². The molecule has 0 saturated carbocycles. The van der Waals surface area contributed by atoms with Crippen molar-refractivity contribution in [3.63, 3.8) is 0 Å². The molecule has 0 radical (unpaired) electrons. The molecule has 0 bridgehead atoms. The van der Waals surface area contributed by atoms with Crippen molar-refractivity contribution in [2.45, 2.75) is 19.3 Å². The fourth-order valence-electron chi connectivity index (χ4n) is 1.86. The molecule has 18 heavy (non-hydrogen) atoms. The van der Waals surface area contributed by atoms with E-state index in [1.54, 1.807) is 6.07 Å². The summed E-state index contributed by atoms with van der Waals surface area (Å²) < 4.78 is 10.5. The fourth-order valence-corrected chi connectivity index (χ4v) is 2.16. The van der Waals surface area contributed by atoms with E-state index in [0.29, 0.717) is 34.9 Å². The number of hydrogen-bond acceptors (Lipinski definition) is 4. The molecule has 0 atom stereocenters. The van der Waals surface area contributed by atoms with Crippen molar-refractivity contribution in [2.24, 2.45) is 5.73 Å². The summed E-state index contributed by atoms with van der Waals surface area (Å²) in [4.78, 5) is 11.0. The van der Waals surface area contributed by atoms with Crippen LogP contribution in [0.15, 0.2) is 6.07 Å². The lowest BCUT2D eigenvalue weighted by atomic mass is 10.0. The number of benzene rings is 1. The van der Waals surface area contributed by atoms with Gasteiger partial charge in [-0.15, -0.1) is 0 Å². The zero-order chi connectivity index (χ0) is 13.5. The molecule has 100 valence electrons. The lowest BCUT2D eigenvalue weighted by molar-refractivity contribution is 0.112. The third-order valence-corrected chi connectivity index (χ3v) is 3.07. The van der Waals surface area contributed by atoms with Gasteiger partial charge in [0.2, 0.25) is 0 Å². The summed E-state index contributed by atoms with van der Waals surface area (Å²) in [6.07, 6.45) is 3.28. The van der Waals surface area contributed by atoms with E-state index in [-0.39, 0.29) is 0 Å². The Bertz CT molecular complexity index is 421. The topological polar surface area (TPSA) is 61.5 Å². The molecule has 0 aromatic heterocycles. The largest absolute Gasteiger partial charge is 0.492 e. The van der Waals surface area contributed by atoms with Crippen molar-refractivity contribution in [2.75, 3.05) is 20.8 Å². The first-order chi connectivity index (χ1) is 8.69. The summed E-state index contributed by atoms with van der Waals surface area (Å²) in [6.45, 7) is 0.642. The lowest BCUT2D eigenvalue weighted by Gasteiger charge is -2.16. The average Bonchev–Trinajstić information content (AvgIpc) is 2.39. The van der Waals surface area contributed by atoms with E-state index in [0.717, 1.165) is 24.8 Å². The summed E-state index contributed by atoms with van der Waals surface area (Å²) >= 11 is 6.17. The summed E-state index contributed by atoms with van der Waals surface area (Å²) in [5.41, 5.74) is 6.71. The molecule has 0 heterocycles. The molecule has 0 aliphatic carbocycles. The monoisotopic (exact) mass is 271 g/mol. The quantitative estimate of drug-likeness (QED) is 0.611. The third kappa shape index (κ3) is 3.15. The van der Waals surface area contributed by atoms with Gasteiger partial charge in [0.15, 0.2) is 17.8 Å². The van der Waals surface area contributed by atoms with Gasteiger partial charge in [0, 0.05) is 10.6 Å². The number of halogens is 1. The Morgan fingerprint density at radius 1 is 1.28 bits per heavy atom. The van der Waals surface area contributed by atoms with E-state index in [1.165, 1.54) is 14.2 Å². The van der Waals surface area contributed by atoms with Gasteiger partial charge in [0.05, 0.1) is 19.8 Å². The minimum atomic E-state index is 0.391. The number of nitrogens with two attached hydrogens (primary N) is 1. The van der Waals surface area contributed by atoms with Gasteiger partial charge in [-0.05, 0) is 31.9 Å². The van der Waals surface area contributed by atoms with Gasteiger partial charge < -0.3 is 15.2 Å². The van der Waals surface area contributed by atoms with Crippen LogP contribution in [-0.2, 0) is 6.42 Å². The molecule has 0 aliphatic heterocycles. The number of aldehydes is 1. The second-order valence-corrected chi connectivity index (χ2v) is 4.26. The highest BCUT2D eigenvalue weighted by atomic mass is 35.5. The normalized spacial score (nSPS) is 10.2. The van der Waals surface area contributed by atoms with Crippen LogP contribution < -0.4 is 15.2 Å². The highest BCUT2D eigenvalue weighted by Crippen LogP contribution is 2.39. The first kappa shape index (κ1) is 14.8. The molecule has 0 fully saturated rings. The maximum absolute atomic E-state index is 11.0. The highest BCUT2D eigenvalue weighted by Gasteiger charge is 2.18. The second-order valence-electron chi connectivity index (χ2n) is 3.86. The van der Waals surface area contributed by atoms with Gasteiger partial charge in [-0.1, -0.05) is 11.6 Å². The van der Waals surface area contributed by atoms with Gasteiger partial charge >= 0.3 is 0 Å². The van der Waals surface area contributed by atoms with E-state index < -0.39 is 0 Å². The number of rotatable bonds is 7. The minimum Gasteiger partial charge on any atom is -0.492 e. The van der Waals surface area contributed by atoms with Crippen LogP contribution in [0.3, 0.4) is 0 Å². The summed E-state index contributed by atoms with van der Waals surface area (Å²) in [7, 11) is 3.04. The fraction of sp³-hybridized carbons (Fsp3) is 0.462. The molecule has 4 nitrogen and oxygen atoms in total. The Balaban J connectivity index is 3.18. The summed E-state index contributed by atoms with van der Waals surface area (Å²) in [6, 6.07) is 1.60. The Hall–Kier alpha value is -1.26. The van der Waals surface area contributed by atoms with Gasteiger partial charge in [-0.3, -0.25) is 4.79 Å². The van der Waals surface area contributed by atoms with E-state index in [4.69, 9.17) is 26.8 Å². The van der Waals surface area contributed by atoms with E-state index in [2.05, 4.69) is 0 Å². The van der Waals surface area contributed by atoms with Crippen molar-refractivity contribution in [3.8, 4) is 11.5 Å². The Labute approximate surface area is 112 Å². The van der Waals surface area contributed by atoms with Gasteiger partial charge in [-0.25, -0.2) is 0 Å². The molecule has 0 saturated heterocycles. The van der Waals surface area contributed by atoms with Crippen LogP contribution in [0, 0.1) is 0 Å². The Morgan fingerprint density at radius 2 is 1.94 bits per heavy atom. The van der Waals surface area contributed by atoms with E-state index in [9.17, 15) is 4.79 Å². The number of carbonyl (C=O) groups is 1. The smallest absolute Gasteiger partial charge is 0.171 e. The number of unbranched alkanes of at least 4 members (excludes halogenated alkanes) is 1. The molecule has 0 aliphatic rings. The Kier molecular flexibility index (Phi) is 5.95. The van der Waals surface area contributed by atoms with Gasteiger partial charge in [0.1, 0.15) is 0 Å². The van der Waals surface area contributed by atoms with Crippen molar-refractivity contribution in [1.29, 1.82) is 0 Å². The first-order valence-electron chi connectivity index (χ1n) is 5.78. The molecular formula is C13H18ClNO3. The second kappa shape index (κ2) is 7.24. The Morgan fingerprint density at radius 3 is 2.44 bits per heavy atom. The minimum absolute atomic E-state index is 0.391. The van der Waals surface area contributed by atoms with Crippen LogP contribution in [0.5, 0.6) is 11.5 Å². The standard InChI is InChI=1S/C13H18ClNO3/c1-17-12-9(8-16)7-11(14)10(13(12)18-2)5-3-4-6-15/h7-8H,3-6,15H2,1-2H3. The number of methoxy groups -OCH3 is 2. The van der Waals surface area contributed by atoms with Crippen LogP contribution >= 0.6 is 11.6 Å². The molecule has 0 spiro atoms. The maximum atomic E-state index is 11.0. The summed E-state index contributed by atoms with van der Waals surface area (Å²) in [5, 5.41) is 0.520. The number of carbonyl (C=O) groups excluding carboxylic acids is 1. The van der Waals surface area contributed by atoms with Gasteiger partial charge in [0.25, 0.3) is 0 Å². The van der Waals surface area contributed by atoms with Crippen molar-refractivity contribution >= 4 is 17.9 Å². The summed E-state index contributed by atoms with van der Waals surface area (Å²) in [5.74, 6) is 0.962. The molecule has 0 unspecified atom stereocenters. The van der Waals surface area contributed by atoms with Crippen molar-refractivity contribution in [1.82, 2.24) is 0 Å². The lowest BCUT2D eigenvalue weighted by Crippen LogP contribution is -2.03.